The van der Waals surface area contributed by atoms with Crippen LogP contribution >= 0.6 is 0 Å². The molecule has 144 valence electrons. The highest BCUT2D eigenvalue weighted by molar-refractivity contribution is 5.82. The SMILES string of the molecule is CC[C@H](Oc1ccc(F)cc1)C(=O)N[C@@H](c1ccccc1)c1ccccc1C. The smallest absolute Gasteiger partial charge is 0.261 e. The molecule has 0 saturated carbocycles. The number of hydrogen-bond acceptors (Lipinski definition) is 2. The van der Waals surface area contributed by atoms with E-state index in [0.29, 0.717) is 12.2 Å². The largest absolute Gasteiger partial charge is 0.481 e. The topological polar surface area (TPSA) is 38.3 Å². The predicted octanol–water partition coefficient (Wildman–Crippen LogP) is 5.20. The van der Waals surface area contributed by atoms with E-state index in [-0.39, 0.29) is 17.8 Å². The third-order valence-electron chi connectivity index (χ3n) is 4.67. The molecule has 4 heteroatoms. The maximum absolute atomic E-state index is 13.1. The van der Waals surface area contributed by atoms with Crippen LogP contribution in [-0.2, 0) is 4.79 Å². The van der Waals surface area contributed by atoms with E-state index >= 15 is 0 Å². The number of ether oxygens (including phenoxy) is 1. The Bertz CT molecular complexity index is 909. The van der Waals surface area contributed by atoms with E-state index in [1.165, 1.54) is 24.3 Å². The minimum absolute atomic E-state index is 0.205. The quantitative estimate of drug-likeness (QED) is 0.615. The molecule has 0 aliphatic rings. The van der Waals surface area contributed by atoms with Crippen LogP contribution in [0.15, 0.2) is 78.9 Å². The van der Waals surface area contributed by atoms with Crippen molar-refractivity contribution in [3.8, 4) is 5.75 Å². The van der Waals surface area contributed by atoms with Crippen LogP contribution in [0, 0.1) is 12.7 Å². The minimum Gasteiger partial charge on any atom is -0.481 e. The number of benzene rings is 3. The second-order valence-electron chi connectivity index (χ2n) is 6.68. The molecule has 1 N–H and O–H groups in total. The number of aryl methyl sites for hydroxylation is 1. The maximum Gasteiger partial charge on any atom is 0.261 e. The van der Waals surface area contributed by atoms with E-state index < -0.39 is 6.10 Å². The zero-order chi connectivity index (χ0) is 19.9. The lowest BCUT2D eigenvalue weighted by Gasteiger charge is -2.25. The van der Waals surface area contributed by atoms with Crippen molar-refractivity contribution in [1.29, 1.82) is 0 Å². The molecule has 0 fully saturated rings. The molecule has 2 atom stereocenters. The first kappa shape index (κ1) is 19.6. The molecule has 0 heterocycles. The molecule has 3 rings (SSSR count). The van der Waals surface area contributed by atoms with Crippen LogP contribution in [0.5, 0.6) is 5.75 Å². The molecule has 28 heavy (non-hydrogen) atoms. The molecule has 3 aromatic carbocycles. The minimum atomic E-state index is -0.666. The molecule has 3 aromatic rings. The van der Waals surface area contributed by atoms with Crippen molar-refractivity contribution in [2.45, 2.75) is 32.4 Å². The standard InChI is InChI=1S/C24H24FNO2/c1-3-22(28-20-15-13-19(25)14-16-20)24(27)26-23(18-10-5-4-6-11-18)21-12-8-7-9-17(21)2/h4-16,22-23H,3H2,1-2H3,(H,26,27)/t22-,23-/m0/s1. The Morgan fingerprint density at radius 1 is 0.964 bits per heavy atom. The maximum atomic E-state index is 13.1. The molecule has 3 nitrogen and oxygen atoms in total. The molecule has 0 saturated heterocycles. The second-order valence-corrected chi connectivity index (χ2v) is 6.68. The molecule has 0 aliphatic carbocycles. The van der Waals surface area contributed by atoms with Crippen LogP contribution < -0.4 is 10.1 Å². The fourth-order valence-corrected chi connectivity index (χ4v) is 3.13. The van der Waals surface area contributed by atoms with Crippen LogP contribution in [0.4, 0.5) is 4.39 Å². The van der Waals surface area contributed by atoms with Gasteiger partial charge in [0.1, 0.15) is 11.6 Å². The van der Waals surface area contributed by atoms with Gasteiger partial charge in [-0.2, -0.15) is 0 Å². The van der Waals surface area contributed by atoms with Gasteiger partial charge in [-0.25, -0.2) is 4.39 Å². The lowest BCUT2D eigenvalue weighted by atomic mass is 9.94. The molecule has 0 aliphatic heterocycles. The zero-order valence-corrected chi connectivity index (χ0v) is 16.1. The van der Waals surface area contributed by atoms with E-state index in [1.54, 1.807) is 0 Å². The highest BCUT2D eigenvalue weighted by atomic mass is 19.1. The third kappa shape index (κ3) is 4.77. The van der Waals surface area contributed by atoms with Crippen molar-refractivity contribution in [3.05, 3.63) is 101 Å². The summed E-state index contributed by atoms with van der Waals surface area (Å²) in [7, 11) is 0. The Kier molecular flexibility index (Phi) is 6.43. The average Bonchev–Trinajstić information content (AvgIpc) is 2.72. The lowest BCUT2D eigenvalue weighted by molar-refractivity contribution is -0.128. The Balaban J connectivity index is 1.84. The van der Waals surface area contributed by atoms with Gasteiger partial charge in [0, 0.05) is 0 Å². The van der Waals surface area contributed by atoms with Gasteiger partial charge in [-0.05, 0) is 54.3 Å². The van der Waals surface area contributed by atoms with Gasteiger partial charge >= 0.3 is 0 Å². The molecule has 0 aromatic heterocycles. The predicted molar refractivity (Wildman–Crippen MR) is 109 cm³/mol. The van der Waals surface area contributed by atoms with Crippen molar-refractivity contribution in [3.63, 3.8) is 0 Å². The first-order valence-corrected chi connectivity index (χ1v) is 9.41. The van der Waals surface area contributed by atoms with E-state index in [2.05, 4.69) is 5.32 Å². The highest BCUT2D eigenvalue weighted by Gasteiger charge is 2.24. The molecule has 0 radical (unpaired) electrons. The summed E-state index contributed by atoms with van der Waals surface area (Å²) in [6.45, 7) is 3.92. The molecular weight excluding hydrogens is 353 g/mol. The Labute approximate surface area is 165 Å². The summed E-state index contributed by atoms with van der Waals surface area (Å²) in [5.74, 6) is -0.0759. The van der Waals surface area contributed by atoms with Crippen molar-refractivity contribution in [2.75, 3.05) is 0 Å². The monoisotopic (exact) mass is 377 g/mol. The summed E-state index contributed by atoms with van der Waals surface area (Å²) < 4.78 is 18.9. The van der Waals surface area contributed by atoms with Gasteiger partial charge in [-0.1, -0.05) is 61.5 Å². The number of carbonyl (C=O) groups excluding carboxylic acids is 1. The van der Waals surface area contributed by atoms with Crippen molar-refractivity contribution >= 4 is 5.91 Å². The number of hydrogen-bond donors (Lipinski definition) is 1. The Morgan fingerprint density at radius 3 is 2.25 bits per heavy atom. The first-order valence-electron chi connectivity index (χ1n) is 9.41. The van der Waals surface area contributed by atoms with Crippen LogP contribution in [-0.4, -0.2) is 12.0 Å². The highest BCUT2D eigenvalue weighted by Crippen LogP contribution is 2.25. The van der Waals surface area contributed by atoms with Gasteiger partial charge < -0.3 is 10.1 Å². The Hall–Kier alpha value is -3.14. The molecule has 0 spiro atoms. The van der Waals surface area contributed by atoms with E-state index in [4.69, 9.17) is 4.74 Å². The molecular formula is C24H24FNO2. The van der Waals surface area contributed by atoms with Crippen LogP contribution in [0.3, 0.4) is 0 Å². The summed E-state index contributed by atoms with van der Waals surface area (Å²) in [6.07, 6.45) is -0.168. The summed E-state index contributed by atoms with van der Waals surface area (Å²) in [5.41, 5.74) is 3.14. The van der Waals surface area contributed by atoms with Gasteiger partial charge in [-0.3, -0.25) is 4.79 Å². The van der Waals surface area contributed by atoms with Crippen molar-refractivity contribution in [2.24, 2.45) is 0 Å². The second kappa shape index (κ2) is 9.18. The van der Waals surface area contributed by atoms with E-state index in [0.717, 1.165) is 16.7 Å². The van der Waals surface area contributed by atoms with Crippen LogP contribution in [0.25, 0.3) is 0 Å². The molecule has 1 amide bonds. The fourth-order valence-electron chi connectivity index (χ4n) is 3.13. The number of halogens is 1. The zero-order valence-electron chi connectivity index (χ0n) is 16.1. The molecule has 0 unspecified atom stereocenters. The Morgan fingerprint density at radius 2 is 1.61 bits per heavy atom. The summed E-state index contributed by atoms with van der Waals surface area (Å²) in [4.78, 5) is 13.0. The average molecular weight is 377 g/mol. The van der Waals surface area contributed by atoms with Gasteiger partial charge in [0.15, 0.2) is 6.10 Å². The van der Waals surface area contributed by atoms with Crippen LogP contribution in [0.2, 0.25) is 0 Å². The van der Waals surface area contributed by atoms with Gasteiger partial charge in [0.2, 0.25) is 0 Å². The summed E-state index contributed by atoms with van der Waals surface area (Å²) in [5, 5.41) is 3.14. The van der Waals surface area contributed by atoms with Gasteiger partial charge in [0.25, 0.3) is 5.91 Å². The fraction of sp³-hybridized carbons (Fsp3) is 0.208. The number of carbonyl (C=O) groups is 1. The van der Waals surface area contributed by atoms with E-state index in [9.17, 15) is 9.18 Å². The summed E-state index contributed by atoms with van der Waals surface area (Å²) in [6, 6.07) is 23.3. The van der Waals surface area contributed by atoms with Crippen molar-refractivity contribution < 1.29 is 13.9 Å². The van der Waals surface area contributed by atoms with Gasteiger partial charge in [-0.15, -0.1) is 0 Å². The van der Waals surface area contributed by atoms with E-state index in [1.807, 2.05) is 68.4 Å². The van der Waals surface area contributed by atoms with Crippen molar-refractivity contribution in [1.82, 2.24) is 5.32 Å². The summed E-state index contributed by atoms with van der Waals surface area (Å²) >= 11 is 0. The molecule has 0 bridgehead atoms. The lowest BCUT2D eigenvalue weighted by Crippen LogP contribution is -2.40. The number of rotatable bonds is 7. The number of nitrogens with one attached hydrogen (secondary N) is 1. The third-order valence-corrected chi connectivity index (χ3v) is 4.67. The normalized spacial score (nSPS) is 12.8. The van der Waals surface area contributed by atoms with Crippen LogP contribution in [0.1, 0.15) is 36.1 Å². The first-order chi connectivity index (χ1) is 13.6. The number of amides is 1. The van der Waals surface area contributed by atoms with Gasteiger partial charge in [0.05, 0.1) is 6.04 Å².